The van der Waals surface area contributed by atoms with Crippen LogP contribution in [0.5, 0.6) is 0 Å². The van der Waals surface area contributed by atoms with Crippen molar-refractivity contribution in [1.29, 1.82) is 0 Å². The molecule has 11 heavy (non-hydrogen) atoms. The maximum absolute atomic E-state index is 10.6. The van der Waals surface area contributed by atoms with Crippen molar-refractivity contribution < 1.29 is 8.42 Å². The monoisotopic (exact) mass is 195 g/mol. The predicted molar refractivity (Wildman–Crippen MR) is 38.8 cm³/mol. The Morgan fingerprint density at radius 2 is 2.27 bits per heavy atom. The Morgan fingerprint density at radius 1 is 1.64 bits per heavy atom. The third kappa shape index (κ3) is 1.90. The fourth-order valence-electron chi connectivity index (χ4n) is 0.545. The highest BCUT2D eigenvalue weighted by Crippen LogP contribution is 2.07. The van der Waals surface area contributed by atoms with Crippen LogP contribution in [-0.4, -0.2) is 23.6 Å². The molecule has 0 bridgehead atoms. The molecule has 0 saturated heterocycles. The number of hydrogen-bond acceptors (Lipinski definition) is 4. The molecule has 0 fully saturated rings. The van der Waals surface area contributed by atoms with E-state index in [1.165, 1.54) is 0 Å². The maximum atomic E-state index is 10.6. The first-order valence-corrected chi connectivity index (χ1v) is 5.21. The molecule has 0 saturated carbocycles. The van der Waals surface area contributed by atoms with Gasteiger partial charge >= 0.3 is 0 Å². The molecule has 5 nitrogen and oxygen atoms in total. The largest absolute Gasteiger partial charge is 0.298 e. The van der Waals surface area contributed by atoms with E-state index in [1.54, 1.807) is 0 Å². The summed E-state index contributed by atoms with van der Waals surface area (Å²) in [5.41, 5.74) is 0. The zero-order chi connectivity index (χ0) is 8.48. The molecule has 0 spiro atoms. The molecule has 1 N–H and O–H groups in total. The molecule has 0 unspecified atom stereocenters. The van der Waals surface area contributed by atoms with Crippen molar-refractivity contribution in [2.45, 2.75) is 18.5 Å². The van der Waals surface area contributed by atoms with Crippen molar-refractivity contribution in [3.63, 3.8) is 0 Å². The van der Waals surface area contributed by atoms with Gasteiger partial charge in [0.25, 0.3) is 14.2 Å². The van der Waals surface area contributed by atoms with Gasteiger partial charge < -0.3 is 0 Å². The molecule has 1 heterocycles. The minimum atomic E-state index is -3.77. The Balaban J connectivity index is 3.09. The lowest BCUT2D eigenvalue weighted by molar-refractivity contribution is 0.601. The molecule has 1 rings (SSSR count). The van der Waals surface area contributed by atoms with Crippen LogP contribution in [0.1, 0.15) is 12.7 Å². The van der Waals surface area contributed by atoms with Gasteiger partial charge in [-0.1, -0.05) is 6.92 Å². The van der Waals surface area contributed by atoms with Crippen molar-refractivity contribution >= 4 is 19.7 Å². The topological polar surface area (TPSA) is 75.7 Å². The minimum Gasteiger partial charge on any atom is -0.262 e. The summed E-state index contributed by atoms with van der Waals surface area (Å²) in [6.45, 7) is 1.82. The first-order valence-electron chi connectivity index (χ1n) is 2.90. The van der Waals surface area contributed by atoms with Crippen LogP contribution >= 0.6 is 10.7 Å². The summed E-state index contributed by atoms with van der Waals surface area (Å²) >= 11 is 0. The molecule has 7 heteroatoms. The van der Waals surface area contributed by atoms with E-state index < -0.39 is 9.05 Å². The zero-order valence-electron chi connectivity index (χ0n) is 5.70. The van der Waals surface area contributed by atoms with Crippen LogP contribution in [0.15, 0.2) is 5.16 Å². The second-order valence-electron chi connectivity index (χ2n) is 1.86. The van der Waals surface area contributed by atoms with Gasteiger partial charge in [0, 0.05) is 17.1 Å². The number of aromatic amines is 1. The van der Waals surface area contributed by atoms with Crippen LogP contribution < -0.4 is 0 Å². The van der Waals surface area contributed by atoms with Crippen LogP contribution in [0.3, 0.4) is 0 Å². The summed E-state index contributed by atoms with van der Waals surface area (Å²) in [4.78, 5) is 3.61. The summed E-state index contributed by atoms with van der Waals surface area (Å²) in [6.07, 6.45) is 0.597. The lowest BCUT2D eigenvalue weighted by atomic mass is 10.5. The van der Waals surface area contributed by atoms with Crippen molar-refractivity contribution in [3.8, 4) is 0 Å². The first kappa shape index (κ1) is 8.48. The summed E-state index contributed by atoms with van der Waals surface area (Å²) < 4.78 is 21.2. The van der Waals surface area contributed by atoms with Gasteiger partial charge in [-0.2, -0.15) is 0 Å². The molecule has 0 aliphatic heterocycles. The van der Waals surface area contributed by atoms with E-state index in [4.69, 9.17) is 10.7 Å². The van der Waals surface area contributed by atoms with Gasteiger partial charge in [0.1, 0.15) is 5.82 Å². The fraction of sp³-hybridized carbons (Fsp3) is 0.500. The summed E-state index contributed by atoms with van der Waals surface area (Å²) in [7, 11) is 1.18. The molecule has 0 aromatic carbocycles. The number of aromatic nitrogens is 3. The number of nitrogens with one attached hydrogen (secondary N) is 1. The van der Waals surface area contributed by atoms with Crippen molar-refractivity contribution in [2.75, 3.05) is 0 Å². The highest BCUT2D eigenvalue weighted by Gasteiger charge is 2.15. The van der Waals surface area contributed by atoms with Crippen molar-refractivity contribution in [3.05, 3.63) is 5.82 Å². The van der Waals surface area contributed by atoms with Gasteiger partial charge in [0.15, 0.2) is 0 Å². The summed E-state index contributed by atoms with van der Waals surface area (Å²) in [5.74, 6) is 0.504. The molecular weight excluding hydrogens is 190 g/mol. The Hall–Kier alpha value is -0.620. The van der Waals surface area contributed by atoms with Crippen LogP contribution in [0, 0.1) is 0 Å². The second kappa shape index (κ2) is 2.78. The lowest BCUT2D eigenvalue weighted by Crippen LogP contribution is -1.93. The molecule has 1 aromatic rings. The number of aryl methyl sites for hydroxylation is 1. The van der Waals surface area contributed by atoms with E-state index in [2.05, 4.69) is 15.2 Å². The fourth-order valence-corrected chi connectivity index (χ4v) is 1.13. The second-order valence-corrected chi connectivity index (χ2v) is 4.32. The molecule has 0 amide bonds. The zero-order valence-corrected chi connectivity index (χ0v) is 7.28. The van der Waals surface area contributed by atoms with Gasteiger partial charge in [0.2, 0.25) is 0 Å². The average Bonchev–Trinajstić information content (AvgIpc) is 2.32. The Bertz CT molecular complexity index is 344. The third-order valence-electron chi connectivity index (χ3n) is 1.06. The molecule has 0 atom stereocenters. The molecule has 62 valence electrons. The predicted octanol–water partition coefficient (Wildman–Crippen LogP) is 0.295. The average molecular weight is 196 g/mol. The first-order chi connectivity index (χ1) is 5.04. The number of nitrogens with zero attached hydrogens (tertiary/aromatic N) is 2. The van der Waals surface area contributed by atoms with Crippen LogP contribution in [0.4, 0.5) is 0 Å². The molecule has 0 aliphatic rings. The molecule has 0 radical (unpaired) electrons. The van der Waals surface area contributed by atoms with Gasteiger partial charge in [-0.15, -0.1) is 5.10 Å². The van der Waals surface area contributed by atoms with E-state index in [0.717, 1.165) is 0 Å². The highest BCUT2D eigenvalue weighted by molar-refractivity contribution is 8.13. The Morgan fingerprint density at radius 3 is 2.55 bits per heavy atom. The van der Waals surface area contributed by atoms with Gasteiger partial charge in [-0.25, -0.2) is 13.4 Å². The SMILES string of the molecule is CCc1nc(S(=O)(=O)Cl)n[nH]1. The summed E-state index contributed by atoms with van der Waals surface area (Å²) in [5, 5.41) is 5.47. The number of hydrogen-bond donors (Lipinski definition) is 1. The standard InChI is InChI=1S/C4H6ClN3O2S/c1-2-3-6-4(8-7-3)11(5,9)10/h2H2,1H3,(H,6,7,8). The van der Waals surface area contributed by atoms with E-state index in [1.807, 2.05) is 6.92 Å². The lowest BCUT2D eigenvalue weighted by Gasteiger charge is -1.82. The Labute approximate surface area is 68.2 Å². The normalized spacial score (nSPS) is 11.8. The molecule has 1 aromatic heterocycles. The van der Waals surface area contributed by atoms with Crippen molar-refractivity contribution in [1.82, 2.24) is 15.2 Å². The van der Waals surface area contributed by atoms with Gasteiger partial charge in [-0.3, -0.25) is 5.10 Å². The maximum Gasteiger partial charge on any atom is 0.298 e. The molecular formula is C4H6ClN3O2S. The smallest absolute Gasteiger partial charge is 0.262 e. The van der Waals surface area contributed by atoms with Crippen LogP contribution in [0.2, 0.25) is 0 Å². The van der Waals surface area contributed by atoms with Crippen LogP contribution in [0.25, 0.3) is 0 Å². The van der Waals surface area contributed by atoms with Gasteiger partial charge in [0.05, 0.1) is 0 Å². The highest BCUT2D eigenvalue weighted by atomic mass is 35.7. The number of rotatable bonds is 2. The van der Waals surface area contributed by atoms with Crippen molar-refractivity contribution in [2.24, 2.45) is 0 Å². The number of H-pyrrole nitrogens is 1. The van der Waals surface area contributed by atoms with Crippen LogP contribution in [-0.2, 0) is 15.5 Å². The van der Waals surface area contributed by atoms with Gasteiger partial charge in [-0.05, 0) is 0 Å². The van der Waals surface area contributed by atoms with E-state index >= 15 is 0 Å². The quantitative estimate of drug-likeness (QED) is 0.689. The number of halogens is 1. The van der Waals surface area contributed by atoms with E-state index in [0.29, 0.717) is 12.2 Å². The van der Waals surface area contributed by atoms with E-state index in [9.17, 15) is 8.42 Å². The molecule has 0 aliphatic carbocycles. The third-order valence-corrected chi connectivity index (χ3v) is 2.10. The van der Waals surface area contributed by atoms with E-state index in [-0.39, 0.29) is 5.16 Å². The summed E-state index contributed by atoms with van der Waals surface area (Å²) in [6, 6.07) is 0. The Kier molecular flexibility index (Phi) is 2.15. The minimum absolute atomic E-state index is 0.365.